The van der Waals surface area contributed by atoms with E-state index in [1.165, 1.54) is 17.5 Å². The molecule has 0 aromatic heterocycles. The van der Waals surface area contributed by atoms with Gasteiger partial charge in [-0.3, -0.25) is 4.79 Å². The van der Waals surface area contributed by atoms with Gasteiger partial charge in [0.2, 0.25) is 5.91 Å². The van der Waals surface area contributed by atoms with Crippen LogP contribution in [0.5, 0.6) is 0 Å². The quantitative estimate of drug-likeness (QED) is 0.921. The van der Waals surface area contributed by atoms with Gasteiger partial charge < -0.3 is 10.6 Å². The fraction of sp³-hybridized carbons (Fsp3) is 0.588. The molecule has 1 aromatic rings. The maximum absolute atomic E-state index is 12.8. The number of rotatable bonds is 3. The minimum Gasteiger partial charge on any atom is -0.330 e. The Balaban J connectivity index is 2.18. The summed E-state index contributed by atoms with van der Waals surface area (Å²) in [5, 5.41) is 0. The van der Waals surface area contributed by atoms with Crippen molar-refractivity contribution in [2.24, 2.45) is 17.6 Å². The van der Waals surface area contributed by atoms with Gasteiger partial charge in [-0.1, -0.05) is 18.9 Å². The molecular formula is C17H26N2O. The summed E-state index contributed by atoms with van der Waals surface area (Å²) in [5.74, 6) is 0.675. The van der Waals surface area contributed by atoms with Crippen molar-refractivity contribution in [2.75, 3.05) is 18.5 Å². The molecule has 3 nitrogen and oxygen atoms in total. The normalized spacial score (nSPS) is 22.6. The standard InChI is InChI=1S/C17H26N2O/c1-12-8-13(2)10-15(9-12)19(3)17(20)16-7-5-4-6-14(16)11-18/h8-10,14,16H,4-7,11,18H2,1-3H3. The monoisotopic (exact) mass is 274 g/mol. The van der Waals surface area contributed by atoms with Crippen LogP contribution < -0.4 is 10.6 Å². The van der Waals surface area contributed by atoms with E-state index >= 15 is 0 Å². The molecule has 1 saturated carbocycles. The van der Waals surface area contributed by atoms with Crippen LogP contribution in [0, 0.1) is 25.7 Å². The van der Waals surface area contributed by atoms with Crippen molar-refractivity contribution in [2.45, 2.75) is 39.5 Å². The highest BCUT2D eigenvalue weighted by Gasteiger charge is 2.32. The van der Waals surface area contributed by atoms with E-state index in [1.54, 1.807) is 0 Å². The number of carbonyl (C=O) groups is 1. The van der Waals surface area contributed by atoms with E-state index in [-0.39, 0.29) is 11.8 Å². The molecular weight excluding hydrogens is 248 g/mol. The van der Waals surface area contributed by atoms with Crippen LogP contribution in [0.25, 0.3) is 0 Å². The third-order valence-corrected chi connectivity index (χ3v) is 4.45. The van der Waals surface area contributed by atoms with Crippen LogP contribution in [0.4, 0.5) is 5.69 Å². The zero-order chi connectivity index (χ0) is 14.7. The second kappa shape index (κ2) is 6.40. The number of benzene rings is 1. The molecule has 2 rings (SSSR count). The summed E-state index contributed by atoms with van der Waals surface area (Å²) in [6.45, 7) is 4.76. The molecule has 1 aliphatic carbocycles. The molecule has 0 radical (unpaired) electrons. The minimum absolute atomic E-state index is 0.0968. The molecule has 0 spiro atoms. The Morgan fingerprint density at radius 2 is 1.80 bits per heavy atom. The molecule has 2 atom stereocenters. The minimum atomic E-state index is 0.0968. The summed E-state index contributed by atoms with van der Waals surface area (Å²) in [5.41, 5.74) is 9.23. The lowest BCUT2D eigenvalue weighted by Crippen LogP contribution is -2.40. The Bertz CT molecular complexity index is 464. The molecule has 0 aliphatic heterocycles. The number of nitrogens with two attached hydrogens (primary N) is 1. The molecule has 0 heterocycles. The second-order valence-corrected chi connectivity index (χ2v) is 6.13. The largest absolute Gasteiger partial charge is 0.330 e. The lowest BCUT2D eigenvalue weighted by molar-refractivity contribution is -0.124. The third-order valence-electron chi connectivity index (χ3n) is 4.45. The molecule has 3 heteroatoms. The summed E-state index contributed by atoms with van der Waals surface area (Å²) in [6.07, 6.45) is 4.43. The van der Waals surface area contributed by atoms with E-state index in [4.69, 9.17) is 5.73 Å². The fourth-order valence-corrected chi connectivity index (χ4v) is 3.34. The summed E-state index contributed by atoms with van der Waals surface area (Å²) >= 11 is 0. The van der Waals surface area contributed by atoms with Gasteiger partial charge in [0, 0.05) is 18.7 Å². The number of hydrogen-bond acceptors (Lipinski definition) is 2. The predicted octanol–water partition coefficient (Wildman–Crippen LogP) is 3.03. The van der Waals surface area contributed by atoms with Crippen molar-refractivity contribution >= 4 is 11.6 Å². The van der Waals surface area contributed by atoms with Crippen LogP contribution in [0.1, 0.15) is 36.8 Å². The van der Waals surface area contributed by atoms with Crippen LogP contribution in [0.3, 0.4) is 0 Å². The first kappa shape index (κ1) is 15.0. The highest BCUT2D eigenvalue weighted by Crippen LogP contribution is 2.32. The van der Waals surface area contributed by atoms with E-state index in [0.29, 0.717) is 12.5 Å². The average molecular weight is 274 g/mol. The SMILES string of the molecule is Cc1cc(C)cc(N(C)C(=O)C2CCCCC2CN)c1. The first-order valence-electron chi connectivity index (χ1n) is 7.59. The van der Waals surface area contributed by atoms with Crippen LogP contribution >= 0.6 is 0 Å². The van der Waals surface area contributed by atoms with Crippen molar-refractivity contribution in [1.29, 1.82) is 0 Å². The summed E-state index contributed by atoms with van der Waals surface area (Å²) in [6, 6.07) is 6.28. The molecule has 2 N–H and O–H groups in total. The summed E-state index contributed by atoms with van der Waals surface area (Å²) < 4.78 is 0. The second-order valence-electron chi connectivity index (χ2n) is 6.13. The van der Waals surface area contributed by atoms with Gasteiger partial charge in [-0.25, -0.2) is 0 Å². The zero-order valence-corrected chi connectivity index (χ0v) is 12.9. The first-order valence-corrected chi connectivity index (χ1v) is 7.59. The topological polar surface area (TPSA) is 46.3 Å². The maximum Gasteiger partial charge on any atom is 0.230 e. The van der Waals surface area contributed by atoms with E-state index in [9.17, 15) is 4.79 Å². The molecule has 2 unspecified atom stereocenters. The molecule has 1 aliphatic rings. The Morgan fingerprint density at radius 1 is 1.20 bits per heavy atom. The van der Waals surface area contributed by atoms with Crippen molar-refractivity contribution in [3.63, 3.8) is 0 Å². The van der Waals surface area contributed by atoms with Gasteiger partial charge in [0.05, 0.1) is 0 Å². The number of aryl methyl sites for hydroxylation is 2. The van der Waals surface area contributed by atoms with Crippen LogP contribution in [-0.4, -0.2) is 19.5 Å². The fourth-order valence-electron chi connectivity index (χ4n) is 3.34. The smallest absolute Gasteiger partial charge is 0.230 e. The van der Waals surface area contributed by atoms with Crippen LogP contribution in [0.2, 0.25) is 0 Å². The zero-order valence-electron chi connectivity index (χ0n) is 12.9. The number of hydrogen-bond donors (Lipinski definition) is 1. The molecule has 0 saturated heterocycles. The van der Waals surface area contributed by atoms with Crippen molar-refractivity contribution in [1.82, 2.24) is 0 Å². The molecule has 1 amide bonds. The van der Waals surface area contributed by atoms with Gasteiger partial charge in [0.1, 0.15) is 0 Å². The van der Waals surface area contributed by atoms with Gasteiger partial charge in [0.25, 0.3) is 0 Å². The number of amides is 1. The number of anilines is 1. The van der Waals surface area contributed by atoms with Gasteiger partial charge in [-0.05, 0) is 62.4 Å². The van der Waals surface area contributed by atoms with Gasteiger partial charge in [-0.15, -0.1) is 0 Å². The Labute approximate surface area is 122 Å². The van der Waals surface area contributed by atoms with Gasteiger partial charge >= 0.3 is 0 Å². The Hall–Kier alpha value is -1.35. The molecule has 1 fully saturated rings. The first-order chi connectivity index (χ1) is 9.52. The number of nitrogens with zero attached hydrogens (tertiary/aromatic N) is 1. The highest BCUT2D eigenvalue weighted by molar-refractivity contribution is 5.95. The van der Waals surface area contributed by atoms with Gasteiger partial charge in [0.15, 0.2) is 0 Å². The number of carbonyl (C=O) groups excluding carboxylic acids is 1. The molecule has 1 aromatic carbocycles. The predicted molar refractivity (Wildman–Crippen MR) is 83.8 cm³/mol. The van der Waals surface area contributed by atoms with E-state index in [2.05, 4.69) is 32.0 Å². The Morgan fingerprint density at radius 3 is 2.40 bits per heavy atom. The molecule has 20 heavy (non-hydrogen) atoms. The van der Waals surface area contributed by atoms with Crippen molar-refractivity contribution < 1.29 is 4.79 Å². The maximum atomic E-state index is 12.8. The molecule has 110 valence electrons. The van der Waals surface area contributed by atoms with E-state index in [0.717, 1.165) is 24.9 Å². The van der Waals surface area contributed by atoms with Crippen molar-refractivity contribution in [3.8, 4) is 0 Å². The third kappa shape index (κ3) is 3.21. The Kier molecular flexibility index (Phi) is 4.81. The van der Waals surface area contributed by atoms with E-state index in [1.807, 2.05) is 11.9 Å². The van der Waals surface area contributed by atoms with Crippen LogP contribution in [0.15, 0.2) is 18.2 Å². The summed E-state index contributed by atoms with van der Waals surface area (Å²) in [7, 11) is 1.89. The van der Waals surface area contributed by atoms with E-state index < -0.39 is 0 Å². The highest BCUT2D eigenvalue weighted by atomic mass is 16.2. The lowest BCUT2D eigenvalue weighted by Gasteiger charge is -2.32. The van der Waals surface area contributed by atoms with Crippen molar-refractivity contribution in [3.05, 3.63) is 29.3 Å². The molecule has 0 bridgehead atoms. The average Bonchev–Trinajstić information content (AvgIpc) is 2.44. The van der Waals surface area contributed by atoms with Gasteiger partial charge in [-0.2, -0.15) is 0 Å². The van der Waals surface area contributed by atoms with Crippen LogP contribution in [-0.2, 0) is 4.79 Å². The summed E-state index contributed by atoms with van der Waals surface area (Å²) in [4.78, 5) is 14.6. The lowest BCUT2D eigenvalue weighted by atomic mass is 9.78.